The number of hydrogen-bond acceptors (Lipinski definition) is 1. The topological polar surface area (TPSA) is 20.9 Å². The van der Waals surface area contributed by atoms with Crippen molar-refractivity contribution in [3.05, 3.63) is 195 Å². The average molecular weight is 1180 g/mol. The molecule has 0 saturated carbocycles. The molecule has 1 heterocycles. The van der Waals surface area contributed by atoms with E-state index in [1.807, 2.05) is 0 Å². The summed E-state index contributed by atoms with van der Waals surface area (Å²) >= 11 is 0. The predicted octanol–water partition coefficient (Wildman–Crippen LogP) is 15.2. The van der Waals surface area contributed by atoms with Gasteiger partial charge >= 0.3 is 55.6 Å². The lowest BCUT2D eigenvalue weighted by atomic mass is 9.12. The first kappa shape index (κ1) is 61.8. The lowest BCUT2D eigenvalue weighted by Gasteiger charge is -2.46. The highest BCUT2D eigenvalue weighted by Gasteiger charge is 2.48. The second-order valence-electron chi connectivity index (χ2n) is 17.4. The van der Waals surface area contributed by atoms with Gasteiger partial charge in [0.2, 0.25) is 12.3 Å². The summed E-state index contributed by atoms with van der Waals surface area (Å²) in [4.78, 5) is 12.2. The van der Waals surface area contributed by atoms with E-state index in [2.05, 4.69) is 0 Å². The molecule has 6 aromatic carbocycles. The summed E-state index contributed by atoms with van der Waals surface area (Å²) < 4.78 is 382. The monoisotopic (exact) mass is 1180 g/mol. The van der Waals surface area contributed by atoms with Gasteiger partial charge < -0.3 is 0 Å². The van der Waals surface area contributed by atoms with Crippen LogP contribution in [0, 0.1) is 0 Å². The van der Waals surface area contributed by atoms with Gasteiger partial charge in [-0.15, -0.1) is 0 Å². The number of aromatic nitrogens is 1. The van der Waals surface area contributed by atoms with E-state index in [0.717, 1.165) is 4.57 Å². The van der Waals surface area contributed by atoms with Crippen LogP contribution in [0.3, 0.4) is 0 Å². The van der Waals surface area contributed by atoms with Crippen LogP contribution in [0.1, 0.15) is 60.6 Å². The molecule has 0 bridgehead atoms. The molecule has 0 unspecified atom stereocenters. The minimum Gasteiger partial charge on any atom is -0.287 e. The van der Waals surface area contributed by atoms with Crippen molar-refractivity contribution in [1.29, 1.82) is 0 Å². The van der Waals surface area contributed by atoms with Gasteiger partial charge in [-0.05, 0) is 35.7 Å². The van der Waals surface area contributed by atoms with Crippen LogP contribution < -0.4 is 26.4 Å². The van der Waals surface area contributed by atoms with E-state index in [9.17, 15) is 123 Å². The van der Waals surface area contributed by atoms with Gasteiger partial charge in [0.25, 0.3) is 5.69 Å². The van der Waals surface area contributed by atoms with Crippen molar-refractivity contribution in [2.45, 2.75) is 62.1 Å². The number of carbonyl (C=O) groups excluding carboxylic acids is 1. The predicted molar refractivity (Wildman–Crippen MR) is 230 cm³/mol. The van der Waals surface area contributed by atoms with Crippen LogP contribution in [0.15, 0.2) is 140 Å². The molecule has 0 atom stereocenters. The Morgan fingerprint density at radius 3 is 0.850 bits per heavy atom. The highest BCUT2D eigenvalue weighted by Crippen LogP contribution is 2.42. The zero-order valence-electron chi connectivity index (χ0n) is 38.6. The molecule has 0 aliphatic heterocycles. The highest BCUT2D eigenvalue weighted by atomic mass is 19.4. The quantitative estimate of drug-likeness (QED) is 0.0674. The summed E-state index contributed by atoms with van der Waals surface area (Å²) in [5, 5.41) is 0.576. The summed E-state index contributed by atoms with van der Waals surface area (Å²) in [6, 6.07) is 7.36. The molecule has 0 radical (unpaired) electrons. The van der Waals surface area contributed by atoms with E-state index < -0.39 is 207 Å². The number of halogens is 27. The summed E-state index contributed by atoms with van der Waals surface area (Å²) in [5.74, 6) is -0.364. The Morgan fingerprint density at radius 2 is 0.588 bits per heavy atom. The maximum Gasteiger partial charge on any atom is 0.478 e. The van der Waals surface area contributed by atoms with Gasteiger partial charge in [-0.2, -0.15) is 145 Å². The number of alkyl halides is 27. The minimum atomic E-state index is -6.13. The lowest BCUT2D eigenvalue weighted by Crippen LogP contribution is -2.75. The van der Waals surface area contributed by atoms with Crippen LogP contribution in [0.5, 0.6) is 0 Å². The fraction of sp³-hybridized carbons (Fsp3) is 0.200. The Balaban J connectivity index is 0.000000370. The molecule has 0 aliphatic rings. The van der Waals surface area contributed by atoms with E-state index in [0.29, 0.717) is 10.9 Å². The molecule has 2 nitrogen and oxygen atoms in total. The van der Waals surface area contributed by atoms with Gasteiger partial charge in [0.1, 0.15) is 6.15 Å². The second-order valence-corrected chi connectivity index (χ2v) is 17.4. The Kier molecular flexibility index (Phi) is 16.1. The van der Waals surface area contributed by atoms with Crippen LogP contribution in [-0.2, 0) is 62.1 Å². The van der Waals surface area contributed by atoms with Crippen molar-refractivity contribution in [3.8, 4) is 0 Å². The second kappa shape index (κ2) is 20.9. The van der Waals surface area contributed by atoms with Crippen molar-refractivity contribution in [3.63, 3.8) is 0 Å². The van der Waals surface area contributed by atoms with E-state index >= 15 is 0 Å². The van der Waals surface area contributed by atoms with Crippen molar-refractivity contribution < 1.29 is 128 Å². The van der Waals surface area contributed by atoms with Crippen molar-refractivity contribution in [1.82, 2.24) is 0 Å². The molecule has 7 aromatic rings. The molecule has 0 spiro atoms. The number of benzene rings is 6. The summed E-state index contributed by atoms with van der Waals surface area (Å²) in [6.45, 7) is -0.357. The molecule has 80 heavy (non-hydrogen) atoms. The maximum atomic E-state index is 14.2. The summed E-state index contributed by atoms with van der Waals surface area (Å²) in [7, 11) is 0. The van der Waals surface area contributed by atoms with Gasteiger partial charge in [0, 0.05) is 11.6 Å². The number of fused-ring (bicyclic) bond motifs is 1. The Morgan fingerprint density at radius 1 is 0.325 bits per heavy atom. The third-order valence-corrected chi connectivity index (χ3v) is 12.1. The highest BCUT2D eigenvalue weighted by molar-refractivity contribution is 7.20. The zero-order valence-corrected chi connectivity index (χ0v) is 38.6. The van der Waals surface area contributed by atoms with Crippen LogP contribution in [0.25, 0.3) is 10.8 Å². The third-order valence-electron chi connectivity index (χ3n) is 12.1. The van der Waals surface area contributed by atoms with Crippen molar-refractivity contribution in [2.24, 2.45) is 0 Å². The molecule has 30 heteroatoms. The molecule has 7 rings (SSSR count). The van der Waals surface area contributed by atoms with Crippen molar-refractivity contribution >= 4 is 44.6 Å². The molecular formula is C50H25BF27NO. The van der Waals surface area contributed by atoms with Gasteiger partial charge in [0.05, 0.1) is 49.9 Å². The smallest absolute Gasteiger partial charge is 0.287 e. The van der Waals surface area contributed by atoms with Crippen molar-refractivity contribution in [2.75, 3.05) is 0 Å². The molecule has 0 N–H and O–H groups in total. The van der Waals surface area contributed by atoms with Crippen LogP contribution in [-0.4, -0.2) is 11.9 Å². The van der Waals surface area contributed by atoms with Crippen LogP contribution >= 0.6 is 0 Å². The van der Waals surface area contributed by atoms with Gasteiger partial charge in [-0.1, -0.05) is 97.1 Å². The zero-order chi connectivity index (χ0) is 60.4. The first-order valence-corrected chi connectivity index (χ1v) is 21.7. The number of nitrogens with zero attached hydrogens (tertiary/aromatic N) is 1. The number of ketones is 1. The van der Waals surface area contributed by atoms with E-state index in [-0.39, 0.29) is 17.7 Å². The van der Waals surface area contributed by atoms with E-state index in [1.165, 1.54) is 12.3 Å². The Hall–Kier alpha value is -7.43. The molecular weight excluding hydrogens is 1150 g/mol. The third kappa shape index (κ3) is 13.6. The maximum absolute atomic E-state index is 14.2. The minimum absolute atomic E-state index is 0.0864. The van der Waals surface area contributed by atoms with E-state index in [1.54, 1.807) is 54.6 Å². The first-order chi connectivity index (χ1) is 36.2. The Labute approximate surface area is 429 Å². The fourth-order valence-corrected chi connectivity index (χ4v) is 8.65. The number of Topliss-reactive ketones (excluding diaryl/α,β-unsaturated/α-hetero) is 1. The average Bonchev–Trinajstić information content (AvgIpc) is 3.32. The number of carbonyl (C=O) groups is 1. The molecule has 0 fully saturated rings. The lowest BCUT2D eigenvalue weighted by molar-refractivity contribution is -0.700. The van der Waals surface area contributed by atoms with Gasteiger partial charge in [-0.3, -0.25) is 4.79 Å². The normalized spacial score (nSPS) is 13.5. The Bertz CT molecular complexity index is 2970. The standard InChI is InChI=1S/C32H12BF24.C18H13F3NO/c34-25(35,36)13-1-14(26(37,38)39)6-21(5-13)33(22-7-15(27(40,41)42)2-16(8-22)28(43,44)45,23-9-17(29(46,47)48)3-18(10-23)30(49,50)51)24-11-19(31(52,53)54)4-20(12-24)32(55,56)57;19-18(20,21)17-15-9-5-4-6-13(15)10-11-22(17)12-16(23)14-7-2-1-3-8-14/h1-12H;1-11H,12H2/q-1;+1. The van der Waals surface area contributed by atoms with Crippen LogP contribution in [0.4, 0.5) is 119 Å². The SMILES string of the molecule is FC(F)(F)c1cc([B-](c2cc(C(F)(F)F)cc(C(F)(F)F)c2)(c2cc(C(F)(F)F)cc(C(F)(F)F)c2)c2cc(C(F)(F)F)cc(C(F)(F)F)c2)cc(C(F)(F)F)c1.O=C(C[n+]1ccc2ccccc2c1C(F)(F)F)c1ccccc1. The first-order valence-electron chi connectivity index (χ1n) is 21.7. The largest absolute Gasteiger partial charge is 0.478 e. The number of pyridine rings is 1. The molecule has 428 valence electrons. The van der Waals surface area contributed by atoms with Gasteiger partial charge in [0.15, 0.2) is 6.20 Å². The molecule has 0 saturated heterocycles. The molecule has 1 aromatic heterocycles. The summed E-state index contributed by atoms with van der Waals surface area (Å²) in [6.07, 6.45) is -58.0. The summed E-state index contributed by atoms with van der Waals surface area (Å²) in [5.41, 5.74) is -30.6. The van der Waals surface area contributed by atoms with E-state index in [4.69, 9.17) is 0 Å². The van der Waals surface area contributed by atoms with Crippen LogP contribution in [0.2, 0.25) is 0 Å². The van der Waals surface area contributed by atoms with Gasteiger partial charge in [-0.25, -0.2) is 0 Å². The number of hydrogen-bond donors (Lipinski definition) is 0. The molecule has 0 amide bonds. The fourth-order valence-electron chi connectivity index (χ4n) is 8.65. The molecule has 0 aliphatic carbocycles. The number of rotatable bonds is 7.